The smallest absolute Gasteiger partial charge is 0.248 e. The first kappa shape index (κ1) is 17.7. The molecule has 0 radical (unpaired) electrons. The molecule has 1 aromatic carbocycles. The molecule has 1 amide bonds. The van der Waals surface area contributed by atoms with Gasteiger partial charge in [-0.15, -0.1) is 0 Å². The van der Waals surface area contributed by atoms with Gasteiger partial charge < -0.3 is 15.2 Å². The van der Waals surface area contributed by atoms with Gasteiger partial charge in [-0.05, 0) is 31.7 Å². The Labute approximate surface area is 127 Å². The number of hydrogen-bond acceptors (Lipinski definition) is 3. The molecule has 0 heterocycles. The van der Waals surface area contributed by atoms with Gasteiger partial charge in [-0.2, -0.15) is 0 Å². The van der Waals surface area contributed by atoms with Gasteiger partial charge in [-0.25, -0.2) is 0 Å². The Morgan fingerprint density at radius 1 is 1.29 bits per heavy atom. The zero-order chi connectivity index (χ0) is 15.9. The minimum absolute atomic E-state index is 0.160. The third-order valence-electron chi connectivity index (χ3n) is 3.43. The van der Waals surface area contributed by atoms with Gasteiger partial charge in [0.15, 0.2) is 0 Å². The predicted molar refractivity (Wildman–Crippen MR) is 83.9 cm³/mol. The highest BCUT2D eigenvalue weighted by Crippen LogP contribution is 2.18. The van der Waals surface area contributed by atoms with Crippen molar-refractivity contribution < 1.29 is 14.6 Å². The minimum Gasteiger partial charge on any atom is -0.384 e. The van der Waals surface area contributed by atoms with Gasteiger partial charge in [-0.3, -0.25) is 4.79 Å². The van der Waals surface area contributed by atoms with Crippen LogP contribution >= 0.6 is 0 Å². The molecule has 0 aliphatic rings. The zero-order valence-corrected chi connectivity index (χ0v) is 13.4. The quantitative estimate of drug-likeness (QED) is 0.774. The van der Waals surface area contributed by atoms with E-state index in [1.807, 2.05) is 30.3 Å². The Morgan fingerprint density at radius 2 is 1.90 bits per heavy atom. The van der Waals surface area contributed by atoms with Crippen LogP contribution in [-0.2, 0) is 15.1 Å². The Bertz CT molecular complexity index is 429. The van der Waals surface area contributed by atoms with Crippen LogP contribution in [0.2, 0.25) is 0 Å². The molecular weight excluding hydrogens is 266 g/mol. The number of rotatable bonds is 8. The van der Waals surface area contributed by atoms with Crippen LogP contribution in [0.4, 0.5) is 0 Å². The molecular formula is C17H27NO3. The van der Waals surface area contributed by atoms with Crippen LogP contribution in [-0.4, -0.2) is 30.3 Å². The van der Waals surface area contributed by atoms with Crippen molar-refractivity contribution in [2.75, 3.05) is 13.2 Å². The van der Waals surface area contributed by atoms with Crippen molar-refractivity contribution >= 4 is 5.91 Å². The Balaban J connectivity index is 2.41. The fraction of sp³-hybridized carbons (Fsp3) is 0.588. The van der Waals surface area contributed by atoms with Crippen LogP contribution in [0, 0.1) is 5.92 Å². The molecule has 0 aliphatic carbocycles. The van der Waals surface area contributed by atoms with E-state index in [1.54, 1.807) is 13.8 Å². The first-order valence-corrected chi connectivity index (χ1v) is 7.50. The van der Waals surface area contributed by atoms with E-state index < -0.39 is 11.7 Å². The number of hydrogen-bond donors (Lipinski definition) is 2. The summed E-state index contributed by atoms with van der Waals surface area (Å²) in [5.74, 6) is 0.356. The number of amides is 1. The highest BCUT2D eigenvalue weighted by molar-refractivity contribution is 5.80. The standard InChI is InChI=1S/C17H27NO3/c1-13(2)10-11-21-14(3)16(19)18-12-17(4,20)15-8-6-5-7-9-15/h5-9,13-14,20H,10-12H2,1-4H3,(H,18,19). The second-order valence-corrected chi connectivity index (χ2v) is 6.05. The lowest BCUT2D eigenvalue weighted by Gasteiger charge is -2.25. The Hall–Kier alpha value is -1.39. The Morgan fingerprint density at radius 3 is 2.48 bits per heavy atom. The molecule has 2 unspecified atom stereocenters. The molecule has 0 bridgehead atoms. The third kappa shape index (κ3) is 6.27. The van der Waals surface area contributed by atoms with Crippen molar-refractivity contribution in [2.45, 2.75) is 45.8 Å². The van der Waals surface area contributed by atoms with Crippen LogP contribution < -0.4 is 5.32 Å². The van der Waals surface area contributed by atoms with E-state index in [4.69, 9.17) is 4.74 Å². The van der Waals surface area contributed by atoms with Crippen LogP contribution in [0.15, 0.2) is 30.3 Å². The van der Waals surface area contributed by atoms with Crippen LogP contribution in [0.5, 0.6) is 0 Å². The molecule has 0 saturated carbocycles. The van der Waals surface area contributed by atoms with Crippen LogP contribution in [0.25, 0.3) is 0 Å². The van der Waals surface area contributed by atoms with Gasteiger partial charge in [0.2, 0.25) is 5.91 Å². The summed E-state index contributed by atoms with van der Waals surface area (Å²) in [5, 5.41) is 13.2. The summed E-state index contributed by atoms with van der Waals surface area (Å²) in [6.07, 6.45) is 0.426. The van der Waals surface area contributed by atoms with Crippen molar-refractivity contribution in [2.24, 2.45) is 5.92 Å². The molecule has 0 aromatic heterocycles. The number of aliphatic hydroxyl groups is 1. The van der Waals surface area contributed by atoms with Crippen LogP contribution in [0.1, 0.15) is 39.7 Å². The van der Waals surface area contributed by atoms with Gasteiger partial charge in [-0.1, -0.05) is 44.2 Å². The molecule has 0 spiro atoms. The molecule has 1 aromatic rings. The summed E-state index contributed by atoms with van der Waals surface area (Å²) in [5.41, 5.74) is -0.312. The highest BCUT2D eigenvalue weighted by Gasteiger charge is 2.24. The van der Waals surface area contributed by atoms with Gasteiger partial charge in [0.05, 0.1) is 6.54 Å². The molecule has 2 N–H and O–H groups in total. The Kier molecular flexibility index (Phi) is 6.85. The van der Waals surface area contributed by atoms with Gasteiger partial charge in [0.25, 0.3) is 0 Å². The maximum Gasteiger partial charge on any atom is 0.248 e. The van der Waals surface area contributed by atoms with E-state index >= 15 is 0 Å². The second-order valence-electron chi connectivity index (χ2n) is 6.05. The summed E-state index contributed by atoms with van der Waals surface area (Å²) >= 11 is 0. The number of carbonyl (C=O) groups excluding carboxylic acids is 1. The third-order valence-corrected chi connectivity index (χ3v) is 3.43. The molecule has 2 atom stereocenters. The normalized spacial score (nSPS) is 15.5. The number of carbonyl (C=O) groups is 1. The van der Waals surface area contributed by atoms with Gasteiger partial charge in [0, 0.05) is 6.61 Å². The van der Waals surface area contributed by atoms with Crippen molar-refractivity contribution in [3.05, 3.63) is 35.9 Å². The fourth-order valence-corrected chi connectivity index (χ4v) is 1.86. The number of benzene rings is 1. The summed E-state index contributed by atoms with van der Waals surface area (Å²) in [6.45, 7) is 8.38. The number of ether oxygens (including phenoxy) is 1. The van der Waals surface area contributed by atoms with E-state index in [2.05, 4.69) is 19.2 Å². The lowest BCUT2D eigenvalue weighted by Crippen LogP contribution is -2.43. The first-order chi connectivity index (χ1) is 9.83. The van der Waals surface area contributed by atoms with Crippen molar-refractivity contribution in [3.8, 4) is 0 Å². The molecule has 0 fully saturated rings. The fourth-order valence-electron chi connectivity index (χ4n) is 1.86. The van der Waals surface area contributed by atoms with E-state index in [0.29, 0.717) is 12.5 Å². The second kappa shape index (κ2) is 8.15. The van der Waals surface area contributed by atoms with Crippen LogP contribution in [0.3, 0.4) is 0 Å². The van der Waals surface area contributed by atoms with Crippen molar-refractivity contribution in [3.63, 3.8) is 0 Å². The first-order valence-electron chi connectivity index (χ1n) is 7.50. The average molecular weight is 293 g/mol. The molecule has 1 rings (SSSR count). The topological polar surface area (TPSA) is 58.6 Å². The van der Waals surface area contributed by atoms with Crippen molar-refractivity contribution in [1.82, 2.24) is 5.32 Å². The van der Waals surface area contributed by atoms with E-state index in [1.165, 1.54) is 0 Å². The highest BCUT2D eigenvalue weighted by atomic mass is 16.5. The number of nitrogens with one attached hydrogen (secondary N) is 1. The van der Waals surface area contributed by atoms with E-state index in [0.717, 1.165) is 12.0 Å². The summed E-state index contributed by atoms with van der Waals surface area (Å²) < 4.78 is 5.49. The largest absolute Gasteiger partial charge is 0.384 e. The maximum absolute atomic E-state index is 11.9. The zero-order valence-electron chi connectivity index (χ0n) is 13.4. The lowest BCUT2D eigenvalue weighted by atomic mass is 9.96. The molecule has 0 aliphatic heterocycles. The summed E-state index contributed by atoms with van der Waals surface area (Å²) in [7, 11) is 0. The van der Waals surface area contributed by atoms with Gasteiger partial charge in [0.1, 0.15) is 11.7 Å². The monoisotopic (exact) mass is 293 g/mol. The maximum atomic E-state index is 11.9. The summed E-state index contributed by atoms with van der Waals surface area (Å²) in [6, 6.07) is 9.30. The predicted octanol–water partition coefficient (Wildman–Crippen LogP) is 2.46. The molecule has 4 nitrogen and oxygen atoms in total. The lowest BCUT2D eigenvalue weighted by molar-refractivity contribution is -0.133. The SMILES string of the molecule is CC(C)CCOC(C)C(=O)NCC(C)(O)c1ccccc1. The van der Waals surface area contributed by atoms with E-state index in [-0.39, 0.29) is 12.5 Å². The molecule has 0 saturated heterocycles. The molecule has 118 valence electrons. The minimum atomic E-state index is -1.09. The average Bonchev–Trinajstić information content (AvgIpc) is 2.45. The van der Waals surface area contributed by atoms with E-state index in [9.17, 15) is 9.90 Å². The summed E-state index contributed by atoms with van der Waals surface area (Å²) in [4.78, 5) is 11.9. The molecule has 21 heavy (non-hydrogen) atoms. The van der Waals surface area contributed by atoms with Gasteiger partial charge >= 0.3 is 0 Å². The molecule has 4 heteroatoms. The van der Waals surface area contributed by atoms with Crippen molar-refractivity contribution in [1.29, 1.82) is 0 Å².